The molecule has 0 amide bonds. The molecule has 154 valence electrons. The van der Waals surface area contributed by atoms with Crippen LogP contribution in [-0.2, 0) is 0 Å². The van der Waals surface area contributed by atoms with Gasteiger partial charge in [0.25, 0.3) is 0 Å². The van der Waals surface area contributed by atoms with Crippen molar-refractivity contribution < 1.29 is 4.79 Å². The third kappa shape index (κ3) is 2.98. The Morgan fingerprint density at radius 1 is 1.00 bits per heavy atom. The van der Waals surface area contributed by atoms with Crippen molar-refractivity contribution in [3.63, 3.8) is 0 Å². The zero-order valence-corrected chi connectivity index (χ0v) is 17.6. The van der Waals surface area contributed by atoms with Gasteiger partial charge in [-0.2, -0.15) is 5.10 Å². The van der Waals surface area contributed by atoms with Gasteiger partial charge in [0.15, 0.2) is 5.78 Å². The maximum absolute atomic E-state index is 11.7. The van der Waals surface area contributed by atoms with E-state index in [9.17, 15) is 4.79 Å². The quantitative estimate of drug-likeness (QED) is 0.380. The van der Waals surface area contributed by atoms with Gasteiger partial charge in [0.1, 0.15) is 17.5 Å². The maximum atomic E-state index is 11.7. The lowest BCUT2D eigenvalue weighted by Crippen LogP contribution is -1.87. The molecule has 0 bridgehead atoms. The number of Topliss-reactive ketones (excluding diaryl/α,β-unsaturated/α-hetero) is 1. The molecular weight excluding hydrogens is 422 g/mol. The smallest absolute Gasteiger partial charge is 0.169 e. The summed E-state index contributed by atoms with van der Waals surface area (Å²) in [6, 6.07) is 11.6. The average molecular weight is 437 g/mol. The van der Waals surface area contributed by atoms with Gasteiger partial charge >= 0.3 is 0 Å². The first-order valence-corrected chi connectivity index (χ1v) is 10.7. The van der Waals surface area contributed by atoms with Crippen molar-refractivity contribution in [1.82, 2.24) is 35.1 Å². The molecule has 0 aliphatic rings. The highest BCUT2D eigenvalue weighted by atomic mass is 32.1. The number of nitrogens with one attached hydrogen (secondary N) is 2. The normalized spacial score (nSPS) is 11.4. The van der Waals surface area contributed by atoms with E-state index in [0.717, 1.165) is 60.0 Å². The fourth-order valence-electron chi connectivity index (χ4n) is 3.71. The highest BCUT2D eigenvalue weighted by Crippen LogP contribution is 2.35. The van der Waals surface area contributed by atoms with E-state index in [1.165, 1.54) is 17.7 Å². The summed E-state index contributed by atoms with van der Waals surface area (Å²) >= 11 is 1.45. The van der Waals surface area contributed by atoms with Crippen molar-refractivity contribution in [2.24, 2.45) is 0 Å². The van der Waals surface area contributed by atoms with Crippen LogP contribution in [0.4, 0.5) is 0 Å². The summed E-state index contributed by atoms with van der Waals surface area (Å²) < 4.78 is 0. The lowest BCUT2D eigenvalue weighted by molar-refractivity contribution is 0.102. The van der Waals surface area contributed by atoms with E-state index in [1.54, 1.807) is 25.5 Å². The zero-order valence-electron chi connectivity index (χ0n) is 16.8. The molecule has 0 saturated carbocycles. The zero-order chi connectivity index (χ0) is 21.7. The van der Waals surface area contributed by atoms with Crippen LogP contribution in [0.3, 0.4) is 0 Å². The number of ketones is 1. The first-order chi connectivity index (χ1) is 15.7. The Labute approximate surface area is 185 Å². The minimum Gasteiger partial charge on any atom is -0.353 e. The van der Waals surface area contributed by atoms with E-state index in [2.05, 4.69) is 30.1 Å². The number of fused-ring (bicyclic) bond motifs is 2. The molecule has 0 unspecified atom stereocenters. The Bertz CT molecular complexity index is 1610. The summed E-state index contributed by atoms with van der Waals surface area (Å²) in [6.07, 6.45) is 6.73. The molecule has 9 heteroatoms. The van der Waals surface area contributed by atoms with E-state index in [-0.39, 0.29) is 5.78 Å². The van der Waals surface area contributed by atoms with E-state index in [1.807, 2.05) is 36.4 Å². The van der Waals surface area contributed by atoms with Gasteiger partial charge in [0, 0.05) is 35.1 Å². The molecule has 2 N–H and O–H groups in total. The molecule has 0 atom stereocenters. The van der Waals surface area contributed by atoms with Gasteiger partial charge in [-0.25, -0.2) is 15.0 Å². The van der Waals surface area contributed by atoms with Crippen LogP contribution in [-0.4, -0.2) is 40.9 Å². The number of nitrogens with zero attached hydrogens (tertiary/aromatic N) is 5. The molecule has 0 saturated heterocycles. The highest BCUT2D eigenvalue weighted by Gasteiger charge is 2.17. The van der Waals surface area contributed by atoms with Gasteiger partial charge in [-0.3, -0.25) is 14.9 Å². The highest BCUT2D eigenvalue weighted by molar-refractivity contribution is 7.17. The van der Waals surface area contributed by atoms with Crippen LogP contribution in [0.15, 0.2) is 61.3 Å². The van der Waals surface area contributed by atoms with Crippen molar-refractivity contribution in [2.75, 3.05) is 0 Å². The molecule has 6 heterocycles. The maximum Gasteiger partial charge on any atom is 0.169 e. The Kier molecular flexibility index (Phi) is 4.15. The van der Waals surface area contributed by atoms with Gasteiger partial charge in [-0.15, -0.1) is 11.3 Å². The van der Waals surface area contributed by atoms with Crippen LogP contribution in [0.1, 0.15) is 16.6 Å². The van der Waals surface area contributed by atoms with Gasteiger partial charge in [-0.1, -0.05) is 0 Å². The van der Waals surface area contributed by atoms with E-state index >= 15 is 0 Å². The molecule has 0 aliphatic heterocycles. The molecule has 0 aromatic carbocycles. The van der Waals surface area contributed by atoms with Crippen molar-refractivity contribution >= 4 is 39.1 Å². The second kappa shape index (κ2) is 7.17. The molecule has 0 fully saturated rings. The second-order valence-corrected chi connectivity index (χ2v) is 8.40. The van der Waals surface area contributed by atoms with Crippen LogP contribution >= 0.6 is 11.3 Å². The first-order valence-electron chi connectivity index (χ1n) is 9.87. The van der Waals surface area contributed by atoms with Gasteiger partial charge in [-0.05, 0) is 43.3 Å². The fourth-order valence-corrected chi connectivity index (χ4v) is 4.62. The summed E-state index contributed by atoms with van der Waals surface area (Å²) in [5.74, 6) is 0.0527. The molecule has 0 aliphatic carbocycles. The van der Waals surface area contributed by atoms with Gasteiger partial charge < -0.3 is 4.98 Å². The first kappa shape index (κ1) is 18.5. The Balaban J connectivity index is 1.49. The van der Waals surface area contributed by atoms with Crippen molar-refractivity contribution in [1.29, 1.82) is 0 Å². The predicted molar refractivity (Wildman–Crippen MR) is 123 cm³/mol. The van der Waals surface area contributed by atoms with Crippen LogP contribution in [0, 0.1) is 0 Å². The number of carbonyl (C=O) groups excluding carboxylic acids is 1. The standard InChI is InChI=1S/C23H15N7OS/c1-12(31)19-4-5-20(32-19)21-14-8-18(27-16(14)6-7-26-21)23-22-17(29-30-23)3-2-15(28-22)13-9-24-11-25-10-13/h2-11,27H,1H3,(H,29,30). The number of hydrogen-bond donors (Lipinski definition) is 2. The largest absolute Gasteiger partial charge is 0.353 e. The van der Waals surface area contributed by atoms with Crippen molar-refractivity contribution in [3.05, 3.63) is 66.2 Å². The molecule has 0 spiro atoms. The molecule has 6 aromatic heterocycles. The number of H-pyrrole nitrogens is 2. The van der Waals surface area contributed by atoms with Gasteiger partial charge in [0.05, 0.1) is 32.4 Å². The summed E-state index contributed by atoms with van der Waals surface area (Å²) in [7, 11) is 0. The Morgan fingerprint density at radius 3 is 2.69 bits per heavy atom. The lowest BCUT2D eigenvalue weighted by Gasteiger charge is -2.00. The summed E-state index contributed by atoms with van der Waals surface area (Å²) in [5, 5.41) is 8.53. The molecule has 32 heavy (non-hydrogen) atoms. The number of aromatic amines is 2. The Morgan fingerprint density at radius 2 is 1.88 bits per heavy atom. The number of hydrogen-bond acceptors (Lipinski definition) is 7. The lowest BCUT2D eigenvalue weighted by atomic mass is 10.1. The van der Waals surface area contributed by atoms with E-state index in [0.29, 0.717) is 0 Å². The molecule has 6 rings (SSSR count). The van der Waals surface area contributed by atoms with Crippen LogP contribution < -0.4 is 0 Å². The third-order valence-corrected chi connectivity index (χ3v) is 6.45. The summed E-state index contributed by atoms with van der Waals surface area (Å²) in [5.41, 5.74) is 6.51. The predicted octanol–water partition coefficient (Wildman–Crippen LogP) is 4.89. The van der Waals surface area contributed by atoms with Crippen molar-refractivity contribution in [3.8, 4) is 33.2 Å². The number of pyridine rings is 2. The topological polar surface area (TPSA) is 113 Å². The Hall–Kier alpha value is -4.24. The molecule has 0 radical (unpaired) electrons. The SMILES string of the molecule is CC(=O)c1ccc(-c2nccc3[nH]c(-c4n[nH]c5ccc(-c6cncnc6)nc45)cc23)s1. The third-order valence-electron chi connectivity index (χ3n) is 5.25. The minimum absolute atomic E-state index is 0.0527. The second-order valence-electron chi connectivity index (χ2n) is 7.32. The van der Waals surface area contributed by atoms with Crippen molar-refractivity contribution in [2.45, 2.75) is 6.92 Å². The van der Waals surface area contributed by atoms with Crippen LogP contribution in [0.5, 0.6) is 0 Å². The number of rotatable bonds is 4. The average Bonchev–Trinajstić information content (AvgIpc) is 3.56. The number of carbonyl (C=O) groups is 1. The molecule has 8 nitrogen and oxygen atoms in total. The van der Waals surface area contributed by atoms with E-state index < -0.39 is 0 Å². The number of thiophene rings is 1. The van der Waals surface area contributed by atoms with Crippen LogP contribution in [0.2, 0.25) is 0 Å². The monoisotopic (exact) mass is 437 g/mol. The van der Waals surface area contributed by atoms with E-state index in [4.69, 9.17) is 4.98 Å². The summed E-state index contributed by atoms with van der Waals surface area (Å²) in [6.45, 7) is 1.57. The summed E-state index contributed by atoms with van der Waals surface area (Å²) in [4.78, 5) is 34.4. The van der Waals surface area contributed by atoms with Gasteiger partial charge in [0.2, 0.25) is 0 Å². The fraction of sp³-hybridized carbons (Fsp3) is 0.0435. The molecular formula is C23H15N7OS. The molecule has 6 aromatic rings. The van der Waals surface area contributed by atoms with Crippen LogP contribution in [0.25, 0.3) is 55.2 Å². The number of aromatic nitrogens is 7. The minimum atomic E-state index is 0.0527.